The van der Waals surface area contributed by atoms with Gasteiger partial charge >= 0.3 is 0 Å². The second-order valence-electron chi connectivity index (χ2n) is 2.24. The molecule has 0 unspecified atom stereocenters. The van der Waals surface area contributed by atoms with E-state index in [2.05, 4.69) is 36.8 Å². The number of hydrogen-bond donors (Lipinski definition) is 0. The molecule has 1 rings (SSSR count). The van der Waals surface area contributed by atoms with Gasteiger partial charge in [-0.3, -0.25) is 0 Å². The molecule has 0 aromatic carbocycles. The Labute approximate surface area is 105 Å². The Bertz CT molecular complexity index is 320. The summed E-state index contributed by atoms with van der Waals surface area (Å²) in [5.41, 5.74) is 0.700. The van der Waals surface area contributed by atoms with Crippen LogP contribution in [0.25, 0.3) is 0 Å². The molecule has 72 valence electrons. The molecule has 1 aromatic heterocycles. The predicted octanol–water partition coefficient (Wildman–Crippen LogP) is 4.28. The smallest absolute Gasteiger partial charge is 0.239 e. The lowest BCUT2D eigenvalue weighted by molar-refractivity contribution is 0.145. The molecule has 0 N–H and O–H groups in total. The largest absolute Gasteiger partial charge is 0.281 e. The van der Waals surface area contributed by atoms with Gasteiger partial charge < -0.3 is 0 Å². The minimum absolute atomic E-state index is 0.200. The Balaban J connectivity index is 3.20. The molecule has 1 heterocycles. The normalized spacial score (nSPS) is 10.9. The van der Waals surface area contributed by atoms with Crippen LogP contribution in [0.2, 0.25) is 0 Å². The summed E-state index contributed by atoms with van der Waals surface area (Å²) >= 11 is 8.25. The van der Waals surface area contributed by atoms with E-state index in [1.807, 2.05) is 22.6 Å². The van der Waals surface area contributed by atoms with Crippen LogP contribution in [-0.4, -0.2) is 4.98 Å². The quantitative estimate of drug-likeness (QED) is 0.391. The van der Waals surface area contributed by atoms with Crippen LogP contribution < -0.4 is 0 Å². The summed E-state index contributed by atoms with van der Waals surface area (Å²) < 4.78 is 25.6. The topological polar surface area (TPSA) is 12.9 Å². The molecule has 1 aromatic rings. The second kappa shape index (κ2) is 4.97. The summed E-state index contributed by atoms with van der Waals surface area (Å²) in [6, 6.07) is 1.66. The third-order valence-electron chi connectivity index (χ3n) is 1.38. The first-order valence-electron chi connectivity index (χ1n) is 3.25. The van der Waals surface area contributed by atoms with E-state index in [0.717, 1.165) is 5.56 Å². The second-order valence-corrected chi connectivity index (χ2v) is 4.68. The number of aromatic nitrogens is 1. The fourth-order valence-corrected chi connectivity index (χ4v) is 2.86. The van der Waals surface area contributed by atoms with E-state index in [0.29, 0.717) is 13.5 Å². The maximum absolute atomic E-state index is 12.3. The molecule has 0 saturated heterocycles. The molecule has 0 fully saturated rings. The highest BCUT2D eigenvalue weighted by Crippen LogP contribution is 2.28. The maximum Gasteiger partial charge on any atom is 0.281 e. The van der Waals surface area contributed by atoms with Crippen molar-refractivity contribution in [3.8, 4) is 0 Å². The first-order chi connectivity index (χ1) is 6.06. The van der Waals surface area contributed by atoms with E-state index < -0.39 is 6.43 Å². The molecule has 0 bridgehead atoms. The molecule has 13 heavy (non-hydrogen) atoms. The van der Waals surface area contributed by atoms with Gasteiger partial charge in [0, 0.05) is 9.80 Å². The van der Waals surface area contributed by atoms with Gasteiger partial charge in [-0.1, -0.05) is 15.9 Å². The standard InChI is InChI=1S/C7H4Br2F2IN/c8-2-3-1-4(9)5(6(10)11)13-7(3)12/h1,6H,2H2. The van der Waals surface area contributed by atoms with Crippen molar-refractivity contribution in [2.24, 2.45) is 0 Å². The van der Waals surface area contributed by atoms with Crippen LogP contribution >= 0.6 is 54.5 Å². The van der Waals surface area contributed by atoms with E-state index in [1.165, 1.54) is 0 Å². The summed E-state index contributed by atoms with van der Waals surface area (Å²) in [6.07, 6.45) is -2.53. The minimum Gasteiger partial charge on any atom is -0.239 e. The van der Waals surface area contributed by atoms with Gasteiger partial charge in [-0.25, -0.2) is 13.8 Å². The minimum atomic E-state index is -2.53. The molecule has 6 heteroatoms. The average Bonchev–Trinajstić information content (AvgIpc) is 2.07. The van der Waals surface area contributed by atoms with Gasteiger partial charge in [-0.2, -0.15) is 0 Å². The van der Waals surface area contributed by atoms with Gasteiger partial charge in [-0.15, -0.1) is 0 Å². The highest BCUT2D eigenvalue weighted by molar-refractivity contribution is 14.1. The first kappa shape index (κ1) is 11.8. The zero-order valence-electron chi connectivity index (χ0n) is 6.20. The first-order valence-corrected chi connectivity index (χ1v) is 6.24. The fourth-order valence-electron chi connectivity index (χ4n) is 0.764. The zero-order valence-corrected chi connectivity index (χ0v) is 11.5. The monoisotopic (exact) mass is 425 g/mol. The number of rotatable bonds is 2. The fraction of sp³-hybridized carbons (Fsp3) is 0.286. The molecule has 0 aliphatic rings. The molecule has 0 saturated carbocycles. The maximum atomic E-state index is 12.3. The Kier molecular flexibility index (Phi) is 4.50. The molecular formula is C7H4Br2F2IN. The van der Waals surface area contributed by atoms with E-state index in [-0.39, 0.29) is 5.69 Å². The molecule has 0 aliphatic carbocycles. The van der Waals surface area contributed by atoms with Gasteiger partial charge in [0.25, 0.3) is 6.43 Å². The van der Waals surface area contributed by atoms with Crippen LogP contribution in [0.5, 0.6) is 0 Å². The van der Waals surface area contributed by atoms with E-state index in [9.17, 15) is 8.78 Å². The van der Waals surface area contributed by atoms with Crippen molar-refractivity contribution in [2.45, 2.75) is 11.8 Å². The van der Waals surface area contributed by atoms with E-state index in [1.54, 1.807) is 6.07 Å². The Hall–Kier alpha value is 0.700. The van der Waals surface area contributed by atoms with Crippen LogP contribution in [0.1, 0.15) is 17.7 Å². The van der Waals surface area contributed by atoms with Gasteiger partial charge in [-0.05, 0) is 50.2 Å². The van der Waals surface area contributed by atoms with E-state index >= 15 is 0 Å². The number of halogens is 5. The lowest BCUT2D eigenvalue weighted by Gasteiger charge is -2.06. The van der Waals surface area contributed by atoms with Crippen molar-refractivity contribution in [2.75, 3.05) is 0 Å². The number of hydrogen-bond acceptors (Lipinski definition) is 1. The van der Waals surface area contributed by atoms with Crippen molar-refractivity contribution in [1.29, 1.82) is 0 Å². The highest BCUT2D eigenvalue weighted by atomic mass is 127. The van der Waals surface area contributed by atoms with Gasteiger partial charge in [0.05, 0.1) is 0 Å². The lowest BCUT2D eigenvalue weighted by Crippen LogP contribution is -1.98. The Morgan fingerprint density at radius 3 is 2.62 bits per heavy atom. The summed E-state index contributed by atoms with van der Waals surface area (Å²) in [7, 11) is 0. The number of pyridine rings is 1. The predicted molar refractivity (Wildman–Crippen MR) is 62.2 cm³/mol. The number of nitrogens with zero attached hydrogens (tertiary/aromatic N) is 1. The summed E-state index contributed by atoms with van der Waals surface area (Å²) in [5, 5.41) is 0.611. The van der Waals surface area contributed by atoms with Crippen molar-refractivity contribution < 1.29 is 8.78 Å². The van der Waals surface area contributed by atoms with Crippen LogP contribution in [0, 0.1) is 3.70 Å². The van der Waals surface area contributed by atoms with Crippen LogP contribution in [0.3, 0.4) is 0 Å². The van der Waals surface area contributed by atoms with Crippen molar-refractivity contribution in [1.82, 2.24) is 4.98 Å². The Morgan fingerprint density at radius 1 is 1.54 bits per heavy atom. The third-order valence-corrected chi connectivity index (χ3v) is 3.55. The Morgan fingerprint density at radius 2 is 2.15 bits per heavy atom. The van der Waals surface area contributed by atoms with Crippen LogP contribution in [0.4, 0.5) is 8.78 Å². The molecule has 0 atom stereocenters. The van der Waals surface area contributed by atoms with Crippen LogP contribution in [-0.2, 0) is 5.33 Å². The van der Waals surface area contributed by atoms with Crippen molar-refractivity contribution in [3.05, 3.63) is 25.5 Å². The van der Waals surface area contributed by atoms with Gasteiger partial charge in [0.15, 0.2) is 0 Å². The third kappa shape index (κ3) is 2.82. The molecule has 0 aliphatic heterocycles. The molecule has 0 amide bonds. The van der Waals surface area contributed by atoms with Crippen LogP contribution in [0.15, 0.2) is 10.5 Å². The zero-order chi connectivity index (χ0) is 10.0. The van der Waals surface area contributed by atoms with Gasteiger partial charge in [0.1, 0.15) is 9.39 Å². The lowest BCUT2D eigenvalue weighted by atomic mass is 10.3. The van der Waals surface area contributed by atoms with E-state index in [4.69, 9.17) is 0 Å². The number of alkyl halides is 3. The summed E-state index contributed by atoms with van der Waals surface area (Å²) in [5.74, 6) is 0. The van der Waals surface area contributed by atoms with Gasteiger partial charge in [0.2, 0.25) is 0 Å². The SMILES string of the molecule is FC(F)c1nc(I)c(CBr)cc1Br. The molecular weight excluding hydrogens is 423 g/mol. The molecule has 1 nitrogen and oxygen atoms in total. The average molecular weight is 427 g/mol. The molecule has 0 spiro atoms. The summed E-state index contributed by atoms with van der Waals surface area (Å²) in [6.45, 7) is 0. The van der Waals surface area contributed by atoms with Crippen molar-refractivity contribution >= 4 is 54.5 Å². The summed E-state index contributed by atoms with van der Waals surface area (Å²) in [4.78, 5) is 3.80. The van der Waals surface area contributed by atoms with Crippen molar-refractivity contribution in [3.63, 3.8) is 0 Å². The highest BCUT2D eigenvalue weighted by Gasteiger charge is 2.15. The molecule has 0 radical (unpaired) electrons.